The van der Waals surface area contributed by atoms with Crippen LogP contribution >= 0.6 is 0 Å². The molecule has 2 aliphatic carbocycles. The quantitative estimate of drug-likeness (QED) is 0.125. The molecule has 0 aromatic heterocycles. The van der Waals surface area contributed by atoms with Gasteiger partial charge < -0.3 is 31.1 Å². The number of urea groups is 1. The molecule has 0 aromatic rings. The van der Waals surface area contributed by atoms with E-state index in [-0.39, 0.29) is 60.4 Å². The topological polar surface area (TPSA) is 157 Å². The highest BCUT2D eigenvalue weighted by molar-refractivity contribution is 6.38. The first-order valence-electron chi connectivity index (χ1n) is 18.4. The van der Waals surface area contributed by atoms with Gasteiger partial charge in [-0.3, -0.25) is 24.0 Å². The summed E-state index contributed by atoms with van der Waals surface area (Å²) >= 11 is 0. The number of ketones is 1. The molecule has 0 bridgehead atoms. The zero-order chi connectivity index (χ0) is 36.8. The molecule has 4 N–H and O–H groups in total. The summed E-state index contributed by atoms with van der Waals surface area (Å²) in [6, 6.07) is -3.74. The average Bonchev–Trinajstić information content (AvgIpc) is 3.38. The van der Waals surface area contributed by atoms with Crippen LogP contribution in [-0.4, -0.2) is 95.6 Å². The van der Waals surface area contributed by atoms with Crippen molar-refractivity contribution in [3.05, 3.63) is 12.7 Å². The van der Waals surface area contributed by atoms with Gasteiger partial charge in [0.05, 0.1) is 12.1 Å². The maximum atomic E-state index is 14.5. The van der Waals surface area contributed by atoms with Gasteiger partial charge in [0.25, 0.3) is 5.91 Å². The van der Waals surface area contributed by atoms with E-state index in [2.05, 4.69) is 47.6 Å². The highest BCUT2D eigenvalue weighted by atomic mass is 16.2. The maximum absolute atomic E-state index is 14.5. The highest BCUT2D eigenvalue weighted by Crippen LogP contribution is 2.65. The zero-order valence-corrected chi connectivity index (χ0v) is 30.6. The summed E-state index contributed by atoms with van der Waals surface area (Å²) in [5.74, 6) is 0.139. The Morgan fingerprint density at radius 3 is 2.36 bits per heavy atom. The minimum Gasteiger partial charge on any atom is -0.346 e. The number of rotatable bonds is 14. The van der Waals surface area contributed by atoms with Crippen molar-refractivity contribution in [1.29, 1.82) is 0 Å². The molecule has 276 valence electrons. The predicted molar refractivity (Wildman–Crippen MR) is 190 cm³/mol. The molecule has 6 atom stereocenters. The fraction of sp³-hybridized carbons (Fsp3) is 0.737. The molecular weight excluding hydrogens is 636 g/mol. The molecule has 6 amide bonds. The second-order valence-electron chi connectivity index (χ2n) is 16.3. The Bertz CT molecular complexity index is 1360. The summed E-state index contributed by atoms with van der Waals surface area (Å²) in [6.07, 6.45) is 14.7. The number of piperidine rings is 2. The summed E-state index contributed by atoms with van der Waals surface area (Å²) in [5.41, 5.74) is -0.922. The Balaban J connectivity index is 1.52. The number of amides is 6. The summed E-state index contributed by atoms with van der Waals surface area (Å²) in [7, 11) is 0. The van der Waals surface area contributed by atoms with Crippen LogP contribution in [0, 0.1) is 40.9 Å². The minimum atomic E-state index is -1.16. The number of nitrogens with zero attached hydrogens (tertiary/aromatic N) is 2. The number of nitrogens with one attached hydrogen (secondary N) is 4. The number of Topliss-reactive ketones (excluding diaryl/α,β-unsaturated/α-hetero) is 1. The number of carbonyl (C=O) groups excluding carboxylic acids is 6. The normalized spacial score (nSPS) is 24.9. The van der Waals surface area contributed by atoms with E-state index in [9.17, 15) is 28.8 Å². The fourth-order valence-corrected chi connectivity index (χ4v) is 8.27. The molecule has 0 spiro atoms. The standard InChI is InChI=1S/C38H58N6O6/c1-8-10-18-26(31(46)34(48)39-20-9-2)40-33(47)30-29-25(38(29,6)7)22-44(30)35(49)32(37(3,4)5)42-36(50)41-27(24-16-12-11-13-17-24)23-43-21-15-14-19-28(43)45/h1,9,24-27,29-30,32H,2,10-23H2,3-7H3,(H,39,48)(H,40,47)(H2,41,42,50)/t25-,26?,27+,29-,30-,32+/m0/s1. The van der Waals surface area contributed by atoms with Gasteiger partial charge in [0.2, 0.25) is 23.5 Å². The molecule has 12 heteroatoms. The van der Waals surface area contributed by atoms with E-state index in [1.54, 1.807) is 0 Å². The number of hydrogen-bond donors (Lipinski definition) is 4. The van der Waals surface area contributed by atoms with Crippen LogP contribution in [0.25, 0.3) is 0 Å². The first kappa shape index (κ1) is 38.9. The van der Waals surface area contributed by atoms with Crippen LogP contribution < -0.4 is 21.3 Å². The molecule has 2 aliphatic heterocycles. The van der Waals surface area contributed by atoms with Gasteiger partial charge in [-0.05, 0) is 60.7 Å². The second-order valence-corrected chi connectivity index (χ2v) is 16.3. The van der Waals surface area contributed by atoms with Gasteiger partial charge in [-0.1, -0.05) is 60.0 Å². The molecule has 4 rings (SSSR count). The number of terminal acetylenes is 1. The van der Waals surface area contributed by atoms with Crippen molar-refractivity contribution >= 4 is 35.4 Å². The average molecular weight is 695 g/mol. The Kier molecular flexibility index (Phi) is 12.8. The van der Waals surface area contributed by atoms with E-state index in [0.717, 1.165) is 44.9 Å². The summed E-state index contributed by atoms with van der Waals surface area (Å²) in [6.45, 7) is 14.8. The molecule has 4 aliphatic rings. The Hall–Kier alpha value is -3.88. The van der Waals surface area contributed by atoms with Crippen LogP contribution in [0.2, 0.25) is 0 Å². The van der Waals surface area contributed by atoms with Gasteiger partial charge in [0, 0.05) is 39.0 Å². The molecule has 1 unspecified atom stereocenters. The second kappa shape index (κ2) is 16.4. The molecule has 2 saturated heterocycles. The van der Waals surface area contributed by atoms with Crippen LogP contribution in [-0.2, 0) is 24.0 Å². The van der Waals surface area contributed by atoms with E-state index in [1.807, 2.05) is 25.7 Å². The summed E-state index contributed by atoms with van der Waals surface area (Å²) in [5, 5.41) is 11.3. The summed E-state index contributed by atoms with van der Waals surface area (Å²) in [4.78, 5) is 84.0. The van der Waals surface area contributed by atoms with Crippen molar-refractivity contribution in [2.45, 2.75) is 123 Å². The van der Waals surface area contributed by atoms with Crippen LogP contribution in [0.4, 0.5) is 4.79 Å². The van der Waals surface area contributed by atoms with E-state index in [1.165, 1.54) is 11.0 Å². The zero-order valence-electron chi connectivity index (χ0n) is 30.6. The van der Waals surface area contributed by atoms with Crippen LogP contribution in [0.1, 0.15) is 98.8 Å². The molecular formula is C38H58N6O6. The fourth-order valence-electron chi connectivity index (χ4n) is 8.27. The van der Waals surface area contributed by atoms with Crippen LogP contribution in [0.15, 0.2) is 12.7 Å². The lowest BCUT2D eigenvalue weighted by Crippen LogP contribution is -2.62. The number of hydrogen-bond acceptors (Lipinski definition) is 6. The predicted octanol–water partition coefficient (Wildman–Crippen LogP) is 2.91. The van der Waals surface area contributed by atoms with Gasteiger partial charge in [-0.2, -0.15) is 0 Å². The lowest BCUT2D eigenvalue weighted by atomic mass is 9.83. The van der Waals surface area contributed by atoms with Crippen molar-refractivity contribution in [1.82, 2.24) is 31.1 Å². The third kappa shape index (κ3) is 9.07. The van der Waals surface area contributed by atoms with Crippen molar-refractivity contribution in [2.75, 3.05) is 26.2 Å². The van der Waals surface area contributed by atoms with E-state index < -0.39 is 47.2 Å². The third-order valence-corrected chi connectivity index (χ3v) is 11.4. The summed E-state index contributed by atoms with van der Waals surface area (Å²) < 4.78 is 0. The molecule has 50 heavy (non-hydrogen) atoms. The van der Waals surface area contributed by atoms with Gasteiger partial charge in [0.1, 0.15) is 12.1 Å². The molecule has 0 aromatic carbocycles. The van der Waals surface area contributed by atoms with E-state index in [0.29, 0.717) is 26.1 Å². The Labute approximate surface area is 297 Å². The van der Waals surface area contributed by atoms with Crippen LogP contribution in [0.3, 0.4) is 0 Å². The molecule has 12 nitrogen and oxygen atoms in total. The molecule has 2 heterocycles. The van der Waals surface area contributed by atoms with Gasteiger partial charge in [0.15, 0.2) is 0 Å². The highest BCUT2D eigenvalue weighted by Gasteiger charge is 2.70. The number of likely N-dealkylation sites (tertiary alicyclic amines) is 2. The number of carbonyl (C=O) groups is 6. The first-order chi connectivity index (χ1) is 23.6. The van der Waals surface area contributed by atoms with Gasteiger partial charge in [-0.25, -0.2) is 4.79 Å². The molecule has 2 saturated carbocycles. The smallest absolute Gasteiger partial charge is 0.315 e. The van der Waals surface area contributed by atoms with Gasteiger partial charge >= 0.3 is 6.03 Å². The number of fused-ring (bicyclic) bond motifs is 1. The van der Waals surface area contributed by atoms with Crippen molar-refractivity contribution in [3.63, 3.8) is 0 Å². The Morgan fingerprint density at radius 2 is 1.74 bits per heavy atom. The Morgan fingerprint density at radius 1 is 1.04 bits per heavy atom. The molecule has 0 radical (unpaired) electrons. The van der Waals surface area contributed by atoms with Crippen LogP contribution in [0.5, 0.6) is 0 Å². The SMILES string of the molecule is C#CCCC(NC(=O)[C@@H]1[C@@H]2[C@H](CN1C(=O)[C@@H](NC(=O)N[C@H](CN1CCCCC1=O)C1CCCCC1)C(C)(C)C)C2(C)C)C(=O)C(=O)NCC=C. The van der Waals surface area contributed by atoms with Crippen molar-refractivity contribution in [2.24, 2.45) is 28.6 Å². The maximum Gasteiger partial charge on any atom is 0.315 e. The van der Waals surface area contributed by atoms with Gasteiger partial charge in [-0.15, -0.1) is 18.9 Å². The van der Waals surface area contributed by atoms with E-state index >= 15 is 0 Å². The van der Waals surface area contributed by atoms with Crippen molar-refractivity contribution in [3.8, 4) is 12.3 Å². The largest absolute Gasteiger partial charge is 0.346 e. The third-order valence-electron chi connectivity index (χ3n) is 11.4. The first-order valence-corrected chi connectivity index (χ1v) is 18.4. The monoisotopic (exact) mass is 694 g/mol. The minimum absolute atomic E-state index is 0.0603. The van der Waals surface area contributed by atoms with E-state index in [4.69, 9.17) is 6.42 Å². The lowest BCUT2D eigenvalue weighted by molar-refractivity contribution is -0.145. The lowest BCUT2D eigenvalue weighted by Gasteiger charge is -2.39. The molecule has 4 fully saturated rings. The van der Waals surface area contributed by atoms with Crippen molar-refractivity contribution < 1.29 is 28.8 Å².